The Balaban J connectivity index is 1.10. The molecule has 0 saturated carbocycles. The quantitative estimate of drug-likeness (QED) is 0.0675. The molecule has 0 radical (unpaired) electrons. The zero-order valence-electron chi connectivity index (χ0n) is 32.1. The number of para-hydroxylation sites is 1. The van der Waals surface area contributed by atoms with Crippen LogP contribution in [-0.2, 0) is 31.4 Å². The molecule has 2 saturated heterocycles. The summed E-state index contributed by atoms with van der Waals surface area (Å²) in [7, 11) is 1.95. The van der Waals surface area contributed by atoms with E-state index in [1.165, 1.54) is 5.69 Å². The molecule has 2 aliphatic heterocycles. The number of hydrogen-bond acceptors (Lipinski definition) is 8. The Hall–Kier alpha value is -4.63. The Morgan fingerprint density at radius 2 is 1.59 bits per heavy atom. The predicted octanol–water partition coefficient (Wildman–Crippen LogP) is 7.60. The number of piperazine rings is 1. The molecule has 6 aromatic rings. The molecule has 2 aromatic heterocycles. The van der Waals surface area contributed by atoms with Gasteiger partial charge in [0.2, 0.25) is 0 Å². The van der Waals surface area contributed by atoms with E-state index in [1.54, 1.807) is 0 Å². The molecule has 8 rings (SSSR count). The summed E-state index contributed by atoms with van der Waals surface area (Å²) >= 11 is 2.40. The van der Waals surface area contributed by atoms with Crippen molar-refractivity contribution in [2.75, 3.05) is 70.5 Å². The number of fused-ring (bicyclic) bond motifs is 2. The molecule has 0 unspecified atom stereocenters. The van der Waals surface area contributed by atoms with Gasteiger partial charge in [-0.1, -0.05) is 54.6 Å². The molecular formula is C44H49IN6O5. The van der Waals surface area contributed by atoms with Gasteiger partial charge in [-0.3, -0.25) is 9.58 Å². The maximum atomic E-state index is 13.3. The van der Waals surface area contributed by atoms with Crippen LogP contribution in [0.4, 0.5) is 5.69 Å². The van der Waals surface area contributed by atoms with Gasteiger partial charge in [0, 0.05) is 110 Å². The topological polar surface area (TPSA) is 97.5 Å². The largest absolute Gasteiger partial charge is 0.493 e. The van der Waals surface area contributed by atoms with Crippen molar-refractivity contribution < 1.29 is 24.1 Å². The van der Waals surface area contributed by atoms with Crippen molar-refractivity contribution in [2.24, 2.45) is 7.05 Å². The lowest BCUT2D eigenvalue weighted by atomic mass is 9.98. The fraction of sp³-hybridized carbons (Fsp3) is 0.364. The number of aromatic nitrogens is 3. The molecule has 2 aliphatic rings. The molecule has 56 heavy (non-hydrogen) atoms. The molecule has 0 bridgehead atoms. The number of aryl methyl sites for hydroxylation is 3. The lowest BCUT2D eigenvalue weighted by Gasteiger charge is -2.32. The number of hydrogen-bond donors (Lipinski definition) is 1. The van der Waals surface area contributed by atoms with Crippen molar-refractivity contribution in [3.8, 4) is 22.6 Å². The second kappa shape index (κ2) is 17.2. The number of rotatable bonds is 14. The van der Waals surface area contributed by atoms with Crippen LogP contribution in [-0.4, -0.2) is 99.1 Å². The van der Waals surface area contributed by atoms with Gasteiger partial charge in [-0.2, -0.15) is 5.10 Å². The molecular weight excluding hydrogens is 819 g/mol. The third-order valence-corrected chi connectivity index (χ3v) is 12.1. The second-order valence-electron chi connectivity index (χ2n) is 14.6. The van der Waals surface area contributed by atoms with E-state index in [0.717, 1.165) is 107 Å². The zero-order chi connectivity index (χ0) is 38.6. The number of morpholine rings is 1. The standard InChI is InChI=1S/C44H49IN6O5/c1-31-41(39(47(2)46-31)30-56-34-17-15-33(16-18-34)49-20-22-50(45)23-21-49)38-12-6-11-36-37(13-7-27-55-40-14-5-9-32-8-3-4-10-35(32)40)43(44(52)53)51(42(36)38)24-19-48-25-28-54-29-26-48/h3-6,8-12,14-18H,7,13,19-30H2,1-2H3,(H,52,53). The number of aromatic carboxylic acids is 1. The van der Waals surface area contributed by atoms with E-state index in [2.05, 4.69) is 78.2 Å². The van der Waals surface area contributed by atoms with Crippen LogP contribution in [0, 0.1) is 6.92 Å². The fourth-order valence-corrected chi connectivity index (χ4v) is 8.72. The summed E-state index contributed by atoms with van der Waals surface area (Å²) in [5.74, 6) is 0.703. The van der Waals surface area contributed by atoms with Crippen molar-refractivity contribution in [1.29, 1.82) is 0 Å². The molecule has 12 heteroatoms. The van der Waals surface area contributed by atoms with Crippen molar-refractivity contribution in [2.45, 2.75) is 32.9 Å². The SMILES string of the molecule is Cc1nn(C)c(COc2ccc(N3CCN(I)CC3)cc2)c1-c1cccc2c(CCCOc3cccc4ccccc34)c(C(=O)O)n(CCN3CCOCC3)c12. The summed E-state index contributed by atoms with van der Waals surface area (Å²) in [6, 6.07) is 28.9. The zero-order valence-corrected chi connectivity index (χ0v) is 34.3. The number of halogens is 1. The van der Waals surface area contributed by atoms with Crippen LogP contribution < -0.4 is 14.4 Å². The first-order valence-corrected chi connectivity index (χ1v) is 20.5. The number of ether oxygens (including phenoxy) is 3. The molecule has 4 aromatic carbocycles. The number of anilines is 1. The lowest BCUT2D eigenvalue weighted by molar-refractivity contribution is 0.0362. The molecule has 0 aliphatic carbocycles. The average Bonchev–Trinajstić information content (AvgIpc) is 3.70. The average molecular weight is 869 g/mol. The molecule has 11 nitrogen and oxygen atoms in total. The smallest absolute Gasteiger partial charge is 0.352 e. The minimum atomic E-state index is -0.926. The van der Waals surface area contributed by atoms with Gasteiger partial charge < -0.3 is 28.8 Å². The third-order valence-electron chi connectivity index (χ3n) is 11.1. The van der Waals surface area contributed by atoms with Crippen molar-refractivity contribution in [1.82, 2.24) is 22.4 Å². The van der Waals surface area contributed by atoms with Crippen LogP contribution in [0.25, 0.3) is 32.8 Å². The minimum absolute atomic E-state index is 0.314. The summed E-state index contributed by atoms with van der Waals surface area (Å²) < 4.78 is 24.6. The number of carbonyl (C=O) groups is 1. The molecule has 0 amide bonds. The fourth-order valence-electron chi connectivity index (χ4n) is 8.29. The van der Waals surface area contributed by atoms with E-state index in [4.69, 9.17) is 19.3 Å². The summed E-state index contributed by atoms with van der Waals surface area (Å²) in [5.41, 5.74) is 7.01. The van der Waals surface area contributed by atoms with Gasteiger partial charge in [0.25, 0.3) is 0 Å². The minimum Gasteiger partial charge on any atom is -0.493 e. The van der Waals surface area contributed by atoms with Crippen LogP contribution in [0.2, 0.25) is 0 Å². The highest BCUT2D eigenvalue weighted by Crippen LogP contribution is 2.39. The third kappa shape index (κ3) is 8.11. The molecule has 0 atom stereocenters. The maximum absolute atomic E-state index is 13.3. The van der Waals surface area contributed by atoms with E-state index >= 15 is 0 Å². The van der Waals surface area contributed by atoms with Crippen LogP contribution in [0.1, 0.15) is 33.9 Å². The highest BCUT2D eigenvalue weighted by atomic mass is 127. The molecule has 1 N–H and O–H groups in total. The van der Waals surface area contributed by atoms with Gasteiger partial charge >= 0.3 is 5.97 Å². The summed E-state index contributed by atoms with van der Waals surface area (Å²) in [6.07, 6.45) is 1.22. The van der Waals surface area contributed by atoms with Crippen LogP contribution in [0.5, 0.6) is 11.5 Å². The van der Waals surface area contributed by atoms with E-state index < -0.39 is 5.97 Å². The summed E-state index contributed by atoms with van der Waals surface area (Å²) in [5, 5.41) is 18.9. The Morgan fingerprint density at radius 3 is 2.38 bits per heavy atom. The van der Waals surface area contributed by atoms with Gasteiger partial charge in [-0.05, 0) is 61.0 Å². The molecule has 2 fully saturated rings. The Bertz CT molecular complexity index is 2300. The number of carboxylic acids is 1. The van der Waals surface area contributed by atoms with Gasteiger partial charge in [0.15, 0.2) is 0 Å². The van der Waals surface area contributed by atoms with E-state index in [9.17, 15) is 9.90 Å². The van der Waals surface area contributed by atoms with Crippen LogP contribution >= 0.6 is 22.9 Å². The van der Waals surface area contributed by atoms with E-state index in [-0.39, 0.29) is 0 Å². The van der Waals surface area contributed by atoms with Gasteiger partial charge in [0.1, 0.15) is 23.8 Å². The molecule has 0 spiro atoms. The van der Waals surface area contributed by atoms with Crippen molar-refractivity contribution in [3.63, 3.8) is 0 Å². The highest BCUT2D eigenvalue weighted by molar-refractivity contribution is 14.1. The predicted molar refractivity (Wildman–Crippen MR) is 229 cm³/mol. The normalized spacial score (nSPS) is 15.5. The van der Waals surface area contributed by atoms with Crippen molar-refractivity contribution in [3.05, 3.63) is 108 Å². The first-order valence-electron chi connectivity index (χ1n) is 19.5. The Kier molecular flexibility index (Phi) is 11.8. The Morgan fingerprint density at radius 1 is 0.857 bits per heavy atom. The van der Waals surface area contributed by atoms with Crippen LogP contribution in [0.15, 0.2) is 84.9 Å². The lowest BCUT2D eigenvalue weighted by Crippen LogP contribution is -2.42. The van der Waals surface area contributed by atoms with Gasteiger partial charge in [-0.25, -0.2) is 7.91 Å². The first-order chi connectivity index (χ1) is 27.4. The number of nitrogens with zero attached hydrogens (tertiary/aromatic N) is 6. The molecule has 4 heterocycles. The summed E-state index contributed by atoms with van der Waals surface area (Å²) in [4.78, 5) is 18.1. The second-order valence-corrected chi connectivity index (χ2v) is 15.9. The Labute approximate surface area is 341 Å². The van der Waals surface area contributed by atoms with E-state index in [0.29, 0.717) is 51.5 Å². The monoisotopic (exact) mass is 868 g/mol. The number of benzene rings is 4. The van der Waals surface area contributed by atoms with Crippen LogP contribution in [0.3, 0.4) is 0 Å². The van der Waals surface area contributed by atoms with Gasteiger partial charge in [0.05, 0.1) is 36.7 Å². The van der Waals surface area contributed by atoms with Crippen molar-refractivity contribution >= 4 is 56.2 Å². The first kappa shape index (κ1) is 38.3. The van der Waals surface area contributed by atoms with Gasteiger partial charge in [-0.15, -0.1) is 0 Å². The highest BCUT2D eigenvalue weighted by Gasteiger charge is 2.27. The number of carboxylic acid groups (broad SMARTS) is 1. The van der Waals surface area contributed by atoms with E-state index in [1.807, 2.05) is 65.7 Å². The maximum Gasteiger partial charge on any atom is 0.352 e. The summed E-state index contributed by atoms with van der Waals surface area (Å²) in [6.45, 7) is 11.2. The molecule has 292 valence electrons.